The summed E-state index contributed by atoms with van der Waals surface area (Å²) in [6, 6.07) is 8.02. The second kappa shape index (κ2) is 19.9. The first-order valence-corrected chi connectivity index (χ1v) is 10.5. The molecule has 9 heteroatoms. The largest absolute Gasteiger partial charge is 0.385 e. The summed E-state index contributed by atoms with van der Waals surface area (Å²) < 4.78 is 35.5. The quantitative estimate of drug-likeness (QED) is 0.237. The van der Waals surface area contributed by atoms with Crippen LogP contribution in [0.5, 0.6) is 0 Å². The normalized spacial score (nSPS) is 9.34. The Morgan fingerprint density at radius 3 is 1.91 bits per heavy atom. The Kier molecular flexibility index (Phi) is 20.2. The van der Waals surface area contributed by atoms with Crippen LogP contribution in [0.15, 0.2) is 40.9 Å². The van der Waals surface area contributed by atoms with Crippen molar-refractivity contribution in [1.29, 1.82) is 0 Å². The molecule has 0 amide bonds. The first kappa shape index (κ1) is 32.4. The molecule has 2 aromatic carbocycles. The van der Waals surface area contributed by atoms with E-state index in [1.165, 1.54) is 49.2 Å². The molecule has 32 heavy (non-hydrogen) atoms. The number of carbonyl (C=O) groups is 2. The van der Waals surface area contributed by atoms with Crippen molar-refractivity contribution in [3.63, 3.8) is 0 Å². The summed E-state index contributed by atoms with van der Waals surface area (Å²) in [5, 5.41) is 0. The lowest BCUT2D eigenvalue weighted by molar-refractivity contribution is 0.111. The Hall–Kier alpha value is -1.73. The van der Waals surface area contributed by atoms with Gasteiger partial charge in [-0.2, -0.15) is 9.90 Å². The second-order valence-electron chi connectivity index (χ2n) is 6.37. The number of aldehydes is 2. The van der Waals surface area contributed by atoms with Gasteiger partial charge in [0.15, 0.2) is 12.6 Å². The van der Waals surface area contributed by atoms with E-state index in [0.717, 1.165) is 12.9 Å². The van der Waals surface area contributed by atoms with Gasteiger partial charge in [0.25, 0.3) is 0 Å². The summed E-state index contributed by atoms with van der Waals surface area (Å²) in [5.41, 5.74) is 1.53. The van der Waals surface area contributed by atoms with Gasteiger partial charge in [0.1, 0.15) is 11.6 Å². The molecule has 1 atom stereocenters. The molecule has 1 unspecified atom stereocenters. The van der Waals surface area contributed by atoms with E-state index in [1.54, 1.807) is 26.2 Å². The minimum atomic E-state index is -0.350. The molecular weight excluding hydrogens is 503 g/mol. The molecule has 0 N–H and O–H groups in total. The molecule has 0 aliphatic heterocycles. The van der Waals surface area contributed by atoms with Gasteiger partial charge in [-0.25, -0.2) is 8.78 Å². The third kappa shape index (κ3) is 13.6. The van der Waals surface area contributed by atoms with Gasteiger partial charge in [0, 0.05) is 55.7 Å². The number of halogens is 3. The van der Waals surface area contributed by atoms with Crippen molar-refractivity contribution in [2.45, 2.75) is 19.8 Å². The number of rotatable bonds is 9. The number of carbonyl (C=O) groups excluding carboxylic acids is 2. The summed E-state index contributed by atoms with van der Waals surface area (Å²) in [5.74, 6) is -0.697. The van der Waals surface area contributed by atoms with Crippen LogP contribution < -0.4 is 4.90 Å². The number of benzene rings is 2. The van der Waals surface area contributed by atoms with Crippen molar-refractivity contribution in [3.05, 3.63) is 63.6 Å². The zero-order valence-corrected chi connectivity index (χ0v) is 22.1. The molecule has 2 rings (SSSR count). The number of ether oxygens (including phenoxy) is 2. The van der Waals surface area contributed by atoms with Gasteiger partial charge >= 0.3 is 0 Å². The lowest BCUT2D eigenvalue weighted by atomic mass is 10.2. The molecule has 0 heterocycles. The molecule has 0 aromatic heterocycles. The van der Waals surface area contributed by atoms with Gasteiger partial charge < -0.3 is 14.4 Å². The van der Waals surface area contributed by atoms with E-state index in [1.807, 2.05) is 0 Å². The summed E-state index contributed by atoms with van der Waals surface area (Å²) in [6.45, 7) is 4.21. The molecule has 5 nitrogen and oxygen atoms in total. The van der Waals surface area contributed by atoms with Crippen LogP contribution in [0, 0.1) is 11.6 Å². The van der Waals surface area contributed by atoms with Crippen molar-refractivity contribution in [3.8, 4) is 0 Å². The fourth-order valence-electron chi connectivity index (χ4n) is 2.18. The number of hydrogen-bond donors (Lipinski definition) is 0. The molecule has 180 valence electrons. The highest BCUT2D eigenvalue weighted by atomic mass is 79.9. The van der Waals surface area contributed by atoms with Crippen LogP contribution in [0.3, 0.4) is 0 Å². The van der Waals surface area contributed by atoms with Gasteiger partial charge in [-0.05, 0) is 58.7 Å². The van der Waals surface area contributed by atoms with Crippen LogP contribution in [0.2, 0.25) is 0 Å². The minimum absolute atomic E-state index is 0. The van der Waals surface area contributed by atoms with E-state index in [-0.39, 0.29) is 21.5 Å². The van der Waals surface area contributed by atoms with Crippen LogP contribution in [0.25, 0.3) is 0 Å². The fourth-order valence-corrected chi connectivity index (χ4v) is 2.63. The SMILES string of the molecule is CCCCOC.COCCN(C)c1cc(F)ccc1C=O.O=Cc1ccc(F)cc1Br.P. The average molecular weight is 536 g/mol. The summed E-state index contributed by atoms with van der Waals surface area (Å²) >= 11 is 3.04. The summed E-state index contributed by atoms with van der Waals surface area (Å²) in [7, 11) is 5.12. The molecule has 2 aromatic rings. The summed E-state index contributed by atoms with van der Waals surface area (Å²) in [6.07, 6.45) is 3.81. The zero-order valence-electron chi connectivity index (χ0n) is 19.1. The molecule has 0 spiro atoms. The number of nitrogens with zero attached hydrogens (tertiary/aromatic N) is 1. The fraction of sp³-hybridized carbons (Fsp3) is 0.391. The van der Waals surface area contributed by atoms with Crippen LogP contribution in [0.1, 0.15) is 40.5 Å². The monoisotopic (exact) mass is 535 g/mol. The van der Waals surface area contributed by atoms with Crippen LogP contribution in [-0.2, 0) is 9.47 Å². The molecule has 0 aliphatic rings. The molecule has 0 radical (unpaired) electrons. The lowest BCUT2D eigenvalue weighted by Crippen LogP contribution is -2.23. The maximum Gasteiger partial charge on any atom is 0.152 e. The topological polar surface area (TPSA) is 55.8 Å². The zero-order chi connectivity index (χ0) is 23.6. The smallest absolute Gasteiger partial charge is 0.152 e. The van der Waals surface area contributed by atoms with Crippen molar-refractivity contribution < 1.29 is 27.8 Å². The lowest BCUT2D eigenvalue weighted by Gasteiger charge is -2.20. The number of unbranched alkanes of at least 4 members (excludes halogenated alkanes) is 1. The number of methoxy groups -OCH3 is 2. The standard InChI is InChI=1S/C11H14FNO2.C7H4BrFO.C5H12O.H3P/c1-13(5-6-15-2)11-7-10(12)4-3-9(11)8-14;8-7-3-6(9)2-1-5(7)4-10;1-3-4-5-6-2;/h3-4,7-8H,5-6H2,1-2H3;1-4H;3-5H2,1-2H3;1H3. The van der Waals surface area contributed by atoms with Crippen molar-refractivity contribution in [1.82, 2.24) is 0 Å². The Bertz CT molecular complexity index is 793. The Morgan fingerprint density at radius 1 is 0.938 bits per heavy atom. The van der Waals surface area contributed by atoms with Crippen LogP contribution >= 0.6 is 25.8 Å². The third-order valence-corrected chi connectivity index (χ3v) is 4.64. The molecular formula is C23H33BrF2NO4P. The van der Waals surface area contributed by atoms with Gasteiger partial charge in [-0.15, -0.1) is 0 Å². The Balaban J connectivity index is 0. The van der Waals surface area contributed by atoms with Crippen molar-refractivity contribution in [2.75, 3.05) is 45.9 Å². The maximum absolute atomic E-state index is 13.0. The van der Waals surface area contributed by atoms with Gasteiger partial charge in [-0.1, -0.05) is 13.3 Å². The highest BCUT2D eigenvalue weighted by Gasteiger charge is 2.07. The predicted octanol–water partition coefficient (Wildman–Crippen LogP) is 5.61. The van der Waals surface area contributed by atoms with Crippen molar-refractivity contribution >= 4 is 44.1 Å². The Labute approximate surface area is 201 Å². The second-order valence-corrected chi connectivity index (χ2v) is 7.22. The van der Waals surface area contributed by atoms with Gasteiger partial charge in [0.2, 0.25) is 0 Å². The van der Waals surface area contributed by atoms with E-state index < -0.39 is 0 Å². The first-order chi connectivity index (χ1) is 14.8. The number of anilines is 1. The molecule has 0 saturated heterocycles. The molecule has 0 saturated carbocycles. The first-order valence-electron chi connectivity index (χ1n) is 9.68. The highest BCUT2D eigenvalue weighted by molar-refractivity contribution is 9.10. The minimum Gasteiger partial charge on any atom is -0.385 e. The van der Waals surface area contributed by atoms with E-state index in [9.17, 15) is 18.4 Å². The predicted molar refractivity (Wildman–Crippen MR) is 134 cm³/mol. The van der Waals surface area contributed by atoms with E-state index in [0.29, 0.717) is 40.7 Å². The third-order valence-electron chi connectivity index (χ3n) is 3.95. The van der Waals surface area contributed by atoms with E-state index in [2.05, 4.69) is 22.9 Å². The molecule has 0 bridgehead atoms. The molecule has 0 aliphatic carbocycles. The highest BCUT2D eigenvalue weighted by Crippen LogP contribution is 2.19. The van der Waals surface area contributed by atoms with E-state index >= 15 is 0 Å². The van der Waals surface area contributed by atoms with E-state index in [4.69, 9.17) is 9.47 Å². The average Bonchev–Trinajstić information content (AvgIpc) is 2.77. The molecule has 0 fully saturated rings. The van der Waals surface area contributed by atoms with Gasteiger partial charge in [-0.3, -0.25) is 9.59 Å². The van der Waals surface area contributed by atoms with Crippen LogP contribution in [-0.4, -0.2) is 53.6 Å². The van der Waals surface area contributed by atoms with Gasteiger partial charge in [0.05, 0.1) is 6.61 Å². The number of hydrogen-bond acceptors (Lipinski definition) is 5. The Morgan fingerprint density at radius 2 is 1.47 bits per heavy atom. The number of likely N-dealkylation sites (N-methyl/N-ethyl adjacent to an activating group) is 1. The summed E-state index contributed by atoms with van der Waals surface area (Å²) in [4.78, 5) is 22.7. The van der Waals surface area contributed by atoms with Crippen molar-refractivity contribution in [2.24, 2.45) is 0 Å². The van der Waals surface area contributed by atoms with Crippen LogP contribution in [0.4, 0.5) is 14.5 Å². The maximum atomic E-state index is 13.0.